The fraction of sp³-hybridized carbons (Fsp3) is 0.250. The Kier molecular flexibility index (Phi) is 2.47. The Morgan fingerprint density at radius 3 is 2.94 bits per heavy atom. The van der Waals surface area contributed by atoms with Crippen LogP contribution in [-0.2, 0) is 13.6 Å². The summed E-state index contributed by atoms with van der Waals surface area (Å²) in [6.07, 6.45) is 3.79. The molecule has 0 radical (unpaired) electrons. The van der Waals surface area contributed by atoms with Crippen molar-refractivity contribution in [2.24, 2.45) is 7.05 Å². The normalized spacial score (nSPS) is 11.0. The van der Waals surface area contributed by atoms with Crippen molar-refractivity contribution in [3.8, 4) is 0 Å². The minimum atomic E-state index is 0.633. The second-order valence-corrected chi connectivity index (χ2v) is 4.25. The number of aryl methyl sites for hydroxylation is 2. The van der Waals surface area contributed by atoms with Gasteiger partial charge in [0.05, 0.1) is 6.20 Å². The van der Waals surface area contributed by atoms with E-state index in [9.17, 15) is 0 Å². The van der Waals surface area contributed by atoms with Crippen LogP contribution < -0.4 is 5.32 Å². The number of pyridine rings is 1. The number of nitrogens with zero attached hydrogens (tertiary/aromatic N) is 5. The molecule has 6 nitrogen and oxygen atoms in total. The van der Waals surface area contributed by atoms with Crippen molar-refractivity contribution in [2.45, 2.75) is 13.5 Å². The summed E-state index contributed by atoms with van der Waals surface area (Å²) in [5, 5.41) is 11.7. The van der Waals surface area contributed by atoms with Crippen molar-refractivity contribution in [3.63, 3.8) is 0 Å². The first-order chi connectivity index (χ1) is 8.72. The predicted octanol–water partition coefficient (Wildman–Crippen LogP) is 1.38. The Bertz CT molecular complexity index is 681. The number of anilines is 1. The van der Waals surface area contributed by atoms with Crippen molar-refractivity contribution in [1.82, 2.24) is 24.4 Å². The first kappa shape index (κ1) is 10.8. The summed E-state index contributed by atoms with van der Waals surface area (Å²) in [5.41, 5.74) is 3.02. The van der Waals surface area contributed by atoms with Gasteiger partial charge in [-0.1, -0.05) is 6.07 Å². The monoisotopic (exact) mass is 242 g/mol. The van der Waals surface area contributed by atoms with Crippen LogP contribution in [0.25, 0.3) is 5.65 Å². The third-order valence-electron chi connectivity index (χ3n) is 2.76. The maximum Gasteiger partial charge on any atom is 0.243 e. The standard InChI is InChI=1S/C12H14N6/c1-9-4-3-5-11-15-12(16-18(9)11)13-6-10-7-14-17(2)8-10/h3-5,7-8H,6H2,1-2H3,(H,13,16). The highest BCUT2D eigenvalue weighted by atomic mass is 15.4. The fourth-order valence-electron chi connectivity index (χ4n) is 1.85. The molecule has 0 aromatic carbocycles. The third kappa shape index (κ3) is 1.92. The molecule has 18 heavy (non-hydrogen) atoms. The molecule has 3 rings (SSSR count). The molecular weight excluding hydrogens is 228 g/mol. The van der Waals surface area contributed by atoms with Crippen LogP contribution in [0.2, 0.25) is 0 Å². The topological polar surface area (TPSA) is 60.0 Å². The Labute approximate surface area is 104 Å². The van der Waals surface area contributed by atoms with E-state index < -0.39 is 0 Å². The van der Waals surface area contributed by atoms with Gasteiger partial charge in [0.1, 0.15) is 0 Å². The van der Waals surface area contributed by atoms with Crippen LogP contribution in [0.4, 0.5) is 5.95 Å². The van der Waals surface area contributed by atoms with Gasteiger partial charge in [-0.25, -0.2) is 4.52 Å². The fourth-order valence-corrected chi connectivity index (χ4v) is 1.85. The van der Waals surface area contributed by atoms with E-state index in [0.29, 0.717) is 12.5 Å². The van der Waals surface area contributed by atoms with E-state index in [1.54, 1.807) is 4.68 Å². The van der Waals surface area contributed by atoms with Gasteiger partial charge < -0.3 is 5.32 Å². The molecule has 0 fully saturated rings. The lowest BCUT2D eigenvalue weighted by molar-refractivity contribution is 0.767. The van der Waals surface area contributed by atoms with Crippen molar-refractivity contribution >= 4 is 11.6 Å². The molecule has 3 aromatic heterocycles. The zero-order valence-electron chi connectivity index (χ0n) is 10.3. The van der Waals surface area contributed by atoms with Gasteiger partial charge >= 0.3 is 0 Å². The van der Waals surface area contributed by atoms with E-state index in [1.165, 1.54) is 0 Å². The van der Waals surface area contributed by atoms with Gasteiger partial charge in [-0.2, -0.15) is 10.1 Å². The molecule has 0 unspecified atom stereocenters. The molecule has 0 atom stereocenters. The second kappa shape index (κ2) is 4.14. The van der Waals surface area contributed by atoms with E-state index in [4.69, 9.17) is 0 Å². The molecule has 0 aliphatic carbocycles. The zero-order chi connectivity index (χ0) is 12.5. The van der Waals surface area contributed by atoms with Gasteiger partial charge in [-0.3, -0.25) is 4.68 Å². The first-order valence-corrected chi connectivity index (χ1v) is 5.76. The van der Waals surface area contributed by atoms with Gasteiger partial charge in [0.2, 0.25) is 5.95 Å². The maximum absolute atomic E-state index is 4.41. The molecule has 1 N–H and O–H groups in total. The minimum absolute atomic E-state index is 0.633. The molecule has 3 aromatic rings. The largest absolute Gasteiger partial charge is 0.349 e. The summed E-state index contributed by atoms with van der Waals surface area (Å²) in [6, 6.07) is 5.92. The SMILES string of the molecule is Cc1cccc2nc(NCc3cnn(C)c3)nn12. The number of nitrogens with one attached hydrogen (secondary N) is 1. The van der Waals surface area contributed by atoms with E-state index in [2.05, 4.69) is 20.5 Å². The molecule has 0 aliphatic rings. The molecule has 0 aliphatic heterocycles. The van der Waals surface area contributed by atoms with E-state index in [0.717, 1.165) is 16.9 Å². The quantitative estimate of drug-likeness (QED) is 0.754. The minimum Gasteiger partial charge on any atom is -0.349 e. The van der Waals surface area contributed by atoms with Crippen LogP contribution in [0.5, 0.6) is 0 Å². The Morgan fingerprint density at radius 2 is 2.22 bits per heavy atom. The average Bonchev–Trinajstić information content (AvgIpc) is 2.93. The lowest BCUT2D eigenvalue weighted by Crippen LogP contribution is -2.00. The van der Waals surface area contributed by atoms with Crippen LogP contribution >= 0.6 is 0 Å². The number of aromatic nitrogens is 5. The Hall–Kier alpha value is -2.37. The van der Waals surface area contributed by atoms with Gasteiger partial charge in [-0.15, -0.1) is 5.10 Å². The smallest absolute Gasteiger partial charge is 0.243 e. The number of fused-ring (bicyclic) bond motifs is 1. The highest BCUT2D eigenvalue weighted by Crippen LogP contribution is 2.09. The van der Waals surface area contributed by atoms with E-state index in [-0.39, 0.29) is 0 Å². The van der Waals surface area contributed by atoms with Crippen molar-refractivity contribution < 1.29 is 0 Å². The molecule has 6 heteroatoms. The van der Waals surface area contributed by atoms with Gasteiger partial charge in [0, 0.05) is 31.0 Å². The second-order valence-electron chi connectivity index (χ2n) is 4.25. The lowest BCUT2D eigenvalue weighted by Gasteiger charge is -1.97. The van der Waals surface area contributed by atoms with Crippen LogP contribution in [0.1, 0.15) is 11.3 Å². The summed E-state index contributed by atoms with van der Waals surface area (Å²) < 4.78 is 3.60. The lowest BCUT2D eigenvalue weighted by atomic mass is 10.4. The van der Waals surface area contributed by atoms with Gasteiger partial charge in [0.15, 0.2) is 5.65 Å². The molecule has 3 heterocycles. The van der Waals surface area contributed by atoms with Crippen LogP contribution in [0.15, 0.2) is 30.6 Å². The van der Waals surface area contributed by atoms with Crippen molar-refractivity contribution in [2.75, 3.05) is 5.32 Å². The summed E-state index contributed by atoms with van der Waals surface area (Å²) in [4.78, 5) is 4.41. The van der Waals surface area contributed by atoms with Gasteiger partial charge in [0.25, 0.3) is 0 Å². The van der Waals surface area contributed by atoms with Crippen LogP contribution in [0.3, 0.4) is 0 Å². The summed E-state index contributed by atoms with van der Waals surface area (Å²) in [7, 11) is 1.90. The molecular formula is C12H14N6. The van der Waals surface area contributed by atoms with E-state index >= 15 is 0 Å². The number of hydrogen-bond donors (Lipinski definition) is 1. The summed E-state index contributed by atoms with van der Waals surface area (Å²) in [6.45, 7) is 2.68. The molecule has 0 spiro atoms. The van der Waals surface area contributed by atoms with Crippen molar-refractivity contribution in [1.29, 1.82) is 0 Å². The van der Waals surface area contributed by atoms with E-state index in [1.807, 2.05) is 49.1 Å². The molecule has 92 valence electrons. The highest BCUT2D eigenvalue weighted by molar-refractivity contribution is 5.44. The molecule has 0 saturated heterocycles. The summed E-state index contributed by atoms with van der Waals surface area (Å²) >= 11 is 0. The Morgan fingerprint density at radius 1 is 1.33 bits per heavy atom. The first-order valence-electron chi connectivity index (χ1n) is 5.76. The molecule has 0 bridgehead atoms. The Balaban J connectivity index is 1.81. The zero-order valence-corrected chi connectivity index (χ0v) is 10.3. The van der Waals surface area contributed by atoms with Crippen LogP contribution in [0, 0.1) is 6.92 Å². The summed E-state index contributed by atoms with van der Waals surface area (Å²) in [5.74, 6) is 0.633. The maximum atomic E-state index is 4.41. The number of rotatable bonds is 3. The van der Waals surface area contributed by atoms with Crippen molar-refractivity contribution in [3.05, 3.63) is 41.9 Å². The molecule has 0 saturated carbocycles. The third-order valence-corrected chi connectivity index (χ3v) is 2.76. The molecule has 0 amide bonds. The number of hydrogen-bond acceptors (Lipinski definition) is 4. The van der Waals surface area contributed by atoms with Crippen LogP contribution in [-0.4, -0.2) is 24.4 Å². The van der Waals surface area contributed by atoms with Gasteiger partial charge in [-0.05, 0) is 19.1 Å². The average molecular weight is 242 g/mol. The predicted molar refractivity (Wildman–Crippen MR) is 68.3 cm³/mol. The highest BCUT2D eigenvalue weighted by Gasteiger charge is 2.04.